The third-order valence-corrected chi connectivity index (χ3v) is 3.55. The highest BCUT2D eigenvalue weighted by Gasteiger charge is 2.00. The molecule has 1 aliphatic heterocycles. The van der Waals surface area contributed by atoms with Gasteiger partial charge in [-0.15, -0.1) is 0 Å². The summed E-state index contributed by atoms with van der Waals surface area (Å²) in [5.41, 5.74) is 0. The maximum atomic E-state index is 2.29. The lowest BCUT2D eigenvalue weighted by Gasteiger charge is -1.92. The molecule has 1 rings (SSSR count). The molecule has 0 saturated heterocycles. The summed E-state index contributed by atoms with van der Waals surface area (Å²) in [6.07, 6.45) is 1.20. The van der Waals surface area contributed by atoms with Crippen LogP contribution < -0.4 is 0 Å². The summed E-state index contributed by atoms with van der Waals surface area (Å²) >= 11 is 3.35. The molecule has 0 unspecified atom stereocenters. The van der Waals surface area contributed by atoms with Crippen molar-refractivity contribution in [2.45, 2.75) is 20.3 Å². The first-order valence-electron chi connectivity index (χ1n) is 2.74. The summed E-state index contributed by atoms with van der Waals surface area (Å²) in [6, 6.07) is 0. The van der Waals surface area contributed by atoms with Gasteiger partial charge in [-0.05, 0) is 23.7 Å². The Morgan fingerprint density at radius 3 is 2.75 bits per heavy atom. The first kappa shape index (κ1) is 6.43. The van der Waals surface area contributed by atoms with Crippen molar-refractivity contribution in [1.29, 1.82) is 0 Å². The van der Waals surface area contributed by atoms with Crippen molar-refractivity contribution in [3.05, 3.63) is 10.3 Å². The van der Waals surface area contributed by atoms with E-state index in [9.17, 15) is 0 Å². The highest BCUT2D eigenvalue weighted by atomic mass is 32.2. The van der Waals surface area contributed by atoms with Gasteiger partial charge in [0.2, 0.25) is 0 Å². The Balaban J connectivity index is 2.49. The van der Waals surface area contributed by atoms with Crippen LogP contribution >= 0.6 is 23.1 Å². The standard InChI is InChI=1S/C6H10S2/c1-3-6-4-7-5(2)8-6/h4,7H,3H2,1-2H3. The predicted octanol–water partition coefficient (Wildman–Crippen LogP) is 2.60. The van der Waals surface area contributed by atoms with Crippen molar-refractivity contribution < 1.29 is 0 Å². The molecular weight excluding hydrogens is 136 g/mol. The van der Waals surface area contributed by atoms with Crippen LogP contribution in [0, 0.1) is 0 Å². The van der Waals surface area contributed by atoms with Crippen molar-refractivity contribution in [2.24, 2.45) is 0 Å². The maximum absolute atomic E-state index is 2.29. The Morgan fingerprint density at radius 1 is 1.75 bits per heavy atom. The quantitative estimate of drug-likeness (QED) is 0.438. The zero-order valence-electron chi connectivity index (χ0n) is 5.14. The maximum Gasteiger partial charge on any atom is 0.0107 e. The van der Waals surface area contributed by atoms with Crippen molar-refractivity contribution in [2.75, 3.05) is 0 Å². The van der Waals surface area contributed by atoms with Gasteiger partial charge in [-0.2, -0.15) is 11.4 Å². The van der Waals surface area contributed by atoms with Gasteiger partial charge < -0.3 is 0 Å². The number of rotatable bonds is 1. The van der Waals surface area contributed by atoms with Crippen molar-refractivity contribution >= 4 is 27.3 Å². The molecule has 1 heterocycles. The summed E-state index contributed by atoms with van der Waals surface area (Å²) in [7, 11) is 0. The summed E-state index contributed by atoms with van der Waals surface area (Å²) in [5.74, 6) is 0. The summed E-state index contributed by atoms with van der Waals surface area (Å²) in [5, 5.41) is 2.29. The topological polar surface area (TPSA) is 0 Å². The molecule has 0 atom stereocenters. The van der Waals surface area contributed by atoms with Gasteiger partial charge in [0.15, 0.2) is 0 Å². The van der Waals surface area contributed by atoms with Crippen LogP contribution in [0.2, 0.25) is 0 Å². The van der Waals surface area contributed by atoms with E-state index in [4.69, 9.17) is 0 Å². The largest absolute Gasteiger partial charge is 0.166 e. The zero-order valence-corrected chi connectivity index (χ0v) is 6.85. The minimum Gasteiger partial charge on any atom is -0.166 e. The third-order valence-electron chi connectivity index (χ3n) is 1.02. The molecule has 0 amide bonds. The molecule has 0 saturated carbocycles. The van der Waals surface area contributed by atoms with Crippen molar-refractivity contribution in [3.63, 3.8) is 0 Å². The number of hydrogen-bond acceptors (Lipinski definition) is 1. The third kappa shape index (κ3) is 1.39. The summed E-state index contributed by atoms with van der Waals surface area (Å²) in [4.78, 5) is 1.53. The van der Waals surface area contributed by atoms with Gasteiger partial charge >= 0.3 is 0 Å². The second kappa shape index (κ2) is 2.74. The SMILES string of the molecule is CCC1=C[SH]=C(C)S1. The van der Waals surface area contributed by atoms with Gasteiger partial charge in [0.05, 0.1) is 0 Å². The lowest BCUT2D eigenvalue weighted by atomic mass is 10.5. The van der Waals surface area contributed by atoms with Crippen molar-refractivity contribution in [1.82, 2.24) is 0 Å². The van der Waals surface area contributed by atoms with E-state index in [1.807, 2.05) is 11.8 Å². The van der Waals surface area contributed by atoms with Crippen LogP contribution in [-0.4, -0.2) is 4.20 Å². The Labute approximate surface area is 58.3 Å². The molecule has 0 aromatic carbocycles. The summed E-state index contributed by atoms with van der Waals surface area (Å²) < 4.78 is 1.52. The molecule has 0 bridgehead atoms. The molecule has 0 radical (unpaired) electrons. The Kier molecular flexibility index (Phi) is 2.20. The van der Waals surface area contributed by atoms with E-state index < -0.39 is 0 Å². The molecule has 0 aliphatic carbocycles. The van der Waals surface area contributed by atoms with E-state index in [0.717, 1.165) is 0 Å². The fourth-order valence-electron chi connectivity index (χ4n) is 0.569. The number of thioether (sulfide) groups is 1. The second-order valence-corrected chi connectivity index (χ2v) is 4.53. The van der Waals surface area contributed by atoms with Gasteiger partial charge in [-0.25, -0.2) is 0 Å². The molecule has 0 aromatic rings. The van der Waals surface area contributed by atoms with Crippen LogP contribution in [0.5, 0.6) is 0 Å². The van der Waals surface area contributed by atoms with Gasteiger partial charge in [0.1, 0.15) is 0 Å². The Bertz CT molecular complexity index is 145. The number of hydrogen-bond donors (Lipinski definition) is 1. The van der Waals surface area contributed by atoms with Crippen LogP contribution in [0.4, 0.5) is 0 Å². The van der Waals surface area contributed by atoms with Crippen LogP contribution in [0.25, 0.3) is 0 Å². The van der Waals surface area contributed by atoms with Crippen LogP contribution in [0.15, 0.2) is 10.3 Å². The molecule has 46 valence electrons. The van der Waals surface area contributed by atoms with Crippen LogP contribution in [0.1, 0.15) is 20.3 Å². The highest BCUT2D eigenvalue weighted by Crippen LogP contribution is 2.30. The van der Waals surface area contributed by atoms with E-state index in [1.165, 1.54) is 26.9 Å². The summed E-state index contributed by atoms with van der Waals surface area (Å²) in [6.45, 7) is 4.39. The van der Waals surface area contributed by atoms with Gasteiger partial charge in [0.25, 0.3) is 0 Å². The predicted molar refractivity (Wildman–Crippen MR) is 45.6 cm³/mol. The lowest BCUT2D eigenvalue weighted by Crippen LogP contribution is -1.72. The number of thiol groups is 1. The van der Waals surface area contributed by atoms with Gasteiger partial charge in [-0.1, -0.05) is 18.7 Å². The van der Waals surface area contributed by atoms with Crippen LogP contribution in [-0.2, 0) is 0 Å². The van der Waals surface area contributed by atoms with Crippen molar-refractivity contribution in [3.8, 4) is 0 Å². The molecule has 0 nitrogen and oxygen atoms in total. The molecule has 1 aliphatic rings. The zero-order chi connectivity index (χ0) is 5.98. The first-order chi connectivity index (χ1) is 3.83. The highest BCUT2D eigenvalue weighted by molar-refractivity contribution is 8.32. The first-order valence-corrected chi connectivity index (χ1v) is 4.52. The molecule has 0 aromatic heterocycles. The normalized spacial score (nSPS) is 19.2. The van der Waals surface area contributed by atoms with E-state index in [1.54, 1.807) is 0 Å². The Morgan fingerprint density at radius 2 is 2.50 bits per heavy atom. The Hall–Kier alpha value is 0.310. The molecule has 8 heavy (non-hydrogen) atoms. The van der Waals surface area contributed by atoms with Crippen LogP contribution in [0.3, 0.4) is 0 Å². The van der Waals surface area contributed by atoms with E-state index in [-0.39, 0.29) is 0 Å². The lowest BCUT2D eigenvalue weighted by molar-refractivity contribution is 1.21. The smallest absolute Gasteiger partial charge is 0.0107 e. The molecule has 0 fully saturated rings. The minimum atomic E-state index is 1.20. The van der Waals surface area contributed by atoms with Gasteiger partial charge in [-0.3, -0.25) is 0 Å². The van der Waals surface area contributed by atoms with E-state index in [2.05, 4.69) is 19.3 Å². The molecular formula is C6H10S2. The average Bonchev–Trinajstić information content (AvgIpc) is 2.14. The number of allylic oxidation sites excluding steroid dienone is 1. The molecule has 0 spiro atoms. The van der Waals surface area contributed by atoms with E-state index in [0.29, 0.717) is 0 Å². The monoisotopic (exact) mass is 146 g/mol. The minimum absolute atomic E-state index is 1.20. The fraction of sp³-hybridized carbons (Fsp3) is 0.500. The average molecular weight is 146 g/mol. The fourth-order valence-corrected chi connectivity index (χ4v) is 2.69. The molecule has 0 N–H and O–H groups in total. The molecule has 2 heteroatoms. The van der Waals surface area contributed by atoms with E-state index >= 15 is 0 Å². The second-order valence-electron chi connectivity index (χ2n) is 1.70. The van der Waals surface area contributed by atoms with Gasteiger partial charge in [0, 0.05) is 4.20 Å².